The van der Waals surface area contributed by atoms with Crippen LogP contribution in [0.3, 0.4) is 0 Å². The highest BCUT2D eigenvalue weighted by Gasteiger charge is 2.19. The van der Waals surface area contributed by atoms with E-state index in [4.69, 9.17) is 28.2 Å². The molecule has 4 N–H and O–H groups in total. The summed E-state index contributed by atoms with van der Waals surface area (Å²) in [7, 11) is 0. The Hall–Kier alpha value is -1.87. The first-order valence-corrected chi connectivity index (χ1v) is 8.33. The summed E-state index contributed by atoms with van der Waals surface area (Å²) in [5.41, 5.74) is 10.1. The largest absolute Gasteiger partial charge is 0.399 e. The van der Waals surface area contributed by atoms with Crippen molar-refractivity contribution in [3.63, 3.8) is 0 Å². The minimum absolute atomic E-state index is 0.162. The fourth-order valence-corrected chi connectivity index (χ4v) is 2.21. The highest BCUT2D eigenvalue weighted by atomic mass is 35.5. The molecule has 1 aliphatic carbocycles. The van der Waals surface area contributed by atoms with Crippen LogP contribution in [0.2, 0.25) is 0 Å². The zero-order chi connectivity index (χ0) is 18.7. The van der Waals surface area contributed by atoms with Crippen LogP contribution in [-0.2, 0) is 10.8 Å². The molecule has 0 saturated heterocycles. The van der Waals surface area contributed by atoms with E-state index >= 15 is 0 Å². The van der Waals surface area contributed by atoms with Gasteiger partial charge in [-0.1, -0.05) is 59.2 Å². The quantitative estimate of drug-likeness (QED) is 0.416. The highest BCUT2D eigenvalue weighted by molar-refractivity contribution is 6.51. The van der Waals surface area contributed by atoms with Crippen LogP contribution in [0.25, 0.3) is 0 Å². The van der Waals surface area contributed by atoms with Gasteiger partial charge in [0, 0.05) is 10.7 Å². The molecule has 0 unspecified atom stereocenters. The summed E-state index contributed by atoms with van der Waals surface area (Å²) in [6, 6.07) is 6.43. The molecule has 0 aromatic heterocycles. The molecule has 0 spiro atoms. The van der Waals surface area contributed by atoms with Gasteiger partial charge < -0.3 is 5.73 Å². The fraction of sp³-hybridized carbons (Fsp3) is 0.400. The van der Waals surface area contributed by atoms with E-state index in [0.717, 1.165) is 5.69 Å². The van der Waals surface area contributed by atoms with Crippen LogP contribution < -0.4 is 5.73 Å². The maximum Gasteiger partial charge on any atom is 0.0804 e. The van der Waals surface area contributed by atoms with Crippen LogP contribution >= 0.6 is 11.6 Å². The van der Waals surface area contributed by atoms with E-state index in [2.05, 4.69) is 59.7 Å². The van der Waals surface area contributed by atoms with Gasteiger partial charge in [0.2, 0.25) is 0 Å². The average Bonchev–Trinajstić information content (AvgIpc) is 2.41. The van der Waals surface area contributed by atoms with Gasteiger partial charge in [0.05, 0.1) is 11.4 Å². The number of anilines is 1. The summed E-state index contributed by atoms with van der Waals surface area (Å²) in [6.45, 7) is 13.3. The summed E-state index contributed by atoms with van der Waals surface area (Å²) >= 11 is 5.51. The van der Waals surface area contributed by atoms with Crippen molar-refractivity contribution in [2.24, 2.45) is 0 Å². The van der Waals surface area contributed by atoms with Gasteiger partial charge in [0.15, 0.2) is 0 Å². The van der Waals surface area contributed by atoms with Crippen molar-refractivity contribution in [2.45, 2.75) is 52.4 Å². The molecule has 1 aromatic carbocycles. The third-order valence-electron chi connectivity index (χ3n) is 3.67. The maximum atomic E-state index is 7.09. The van der Waals surface area contributed by atoms with Gasteiger partial charge in [-0.2, -0.15) is 0 Å². The van der Waals surface area contributed by atoms with E-state index in [9.17, 15) is 0 Å². The molecule has 0 atom stereocenters. The number of hydrogen-bond donors (Lipinski definition) is 3. The first-order valence-electron chi connectivity index (χ1n) is 7.95. The van der Waals surface area contributed by atoms with Gasteiger partial charge in [-0.25, -0.2) is 0 Å². The second-order valence-electron chi connectivity index (χ2n) is 8.03. The zero-order valence-corrected chi connectivity index (χ0v) is 16.2. The van der Waals surface area contributed by atoms with Crippen LogP contribution in [0.5, 0.6) is 0 Å². The van der Waals surface area contributed by atoms with Crippen LogP contribution in [0.4, 0.5) is 5.69 Å². The minimum Gasteiger partial charge on any atom is -0.399 e. The number of benzene rings is 1. The second kappa shape index (κ2) is 7.35. The first kappa shape index (κ1) is 20.2. The average molecular weight is 346 g/mol. The fourth-order valence-electron chi connectivity index (χ4n) is 2.03. The van der Waals surface area contributed by atoms with Crippen LogP contribution in [0.15, 0.2) is 41.5 Å². The van der Waals surface area contributed by atoms with E-state index in [-0.39, 0.29) is 22.3 Å². The van der Waals surface area contributed by atoms with Gasteiger partial charge in [0.25, 0.3) is 0 Å². The molecule has 2 rings (SSSR count). The molecule has 0 amide bonds. The molecule has 0 radical (unpaired) electrons. The van der Waals surface area contributed by atoms with Crippen molar-refractivity contribution in [1.29, 1.82) is 10.8 Å². The molecular formula is C20H28ClN3. The lowest BCUT2D eigenvalue weighted by molar-refractivity contribution is 0.569. The summed E-state index contributed by atoms with van der Waals surface area (Å²) in [5.74, 6) is 0. The third kappa shape index (κ3) is 5.97. The molecule has 130 valence electrons. The zero-order valence-electron chi connectivity index (χ0n) is 15.4. The summed E-state index contributed by atoms with van der Waals surface area (Å²) < 4.78 is 0. The molecule has 24 heavy (non-hydrogen) atoms. The molecule has 0 aliphatic heterocycles. The molecule has 4 heteroatoms. The number of halogens is 1. The Morgan fingerprint density at radius 1 is 0.792 bits per heavy atom. The lowest BCUT2D eigenvalue weighted by Gasteiger charge is -2.25. The molecule has 0 heterocycles. The number of hydrogen-bond acceptors (Lipinski definition) is 3. The summed E-state index contributed by atoms with van der Waals surface area (Å²) in [6.07, 6.45) is 4.55. The standard InChI is InChI=1S/C14H23N.C6H5ClN2/c1-13(2,3)10-7-11(14(4,5)6)9-12(15)8-10;7-4-1-2-5(8)6(9)3-4/h7-9H,15H2,1-6H3;1-3,8-9H. The minimum atomic E-state index is 0.162. The molecule has 0 bridgehead atoms. The van der Waals surface area contributed by atoms with E-state index in [1.54, 1.807) is 6.08 Å². The van der Waals surface area contributed by atoms with Crippen LogP contribution in [0, 0.1) is 10.8 Å². The predicted octanol–water partition coefficient (Wildman–Crippen LogP) is 5.58. The van der Waals surface area contributed by atoms with Crippen molar-refractivity contribution in [3.8, 4) is 0 Å². The van der Waals surface area contributed by atoms with Gasteiger partial charge in [-0.3, -0.25) is 10.8 Å². The van der Waals surface area contributed by atoms with E-state index in [1.165, 1.54) is 23.3 Å². The lowest BCUT2D eigenvalue weighted by Crippen LogP contribution is -2.16. The third-order valence-corrected chi connectivity index (χ3v) is 3.90. The number of nitrogens with one attached hydrogen (secondary N) is 2. The molecule has 1 aromatic rings. The Morgan fingerprint density at radius 2 is 1.25 bits per heavy atom. The van der Waals surface area contributed by atoms with Crippen molar-refractivity contribution in [1.82, 2.24) is 0 Å². The van der Waals surface area contributed by atoms with Crippen LogP contribution in [0.1, 0.15) is 52.7 Å². The number of rotatable bonds is 0. The van der Waals surface area contributed by atoms with Gasteiger partial charge in [-0.05, 0) is 52.3 Å². The number of nitrogens with two attached hydrogens (primary N) is 1. The Kier molecular flexibility index (Phi) is 6.18. The van der Waals surface area contributed by atoms with Gasteiger partial charge >= 0.3 is 0 Å². The number of allylic oxidation sites excluding steroid dienone is 4. The molecule has 1 aliphatic rings. The van der Waals surface area contributed by atoms with Crippen molar-refractivity contribution in [2.75, 3.05) is 5.73 Å². The van der Waals surface area contributed by atoms with Crippen LogP contribution in [-0.4, -0.2) is 11.4 Å². The monoisotopic (exact) mass is 345 g/mol. The van der Waals surface area contributed by atoms with E-state index in [0.29, 0.717) is 5.03 Å². The molecule has 3 nitrogen and oxygen atoms in total. The lowest BCUT2D eigenvalue weighted by atomic mass is 9.80. The topological polar surface area (TPSA) is 73.7 Å². The van der Waals surface area contributed by atoms with Crippen molar-refractivity contribution in [3.05, 3.63) is 52.6 Å². The highest BCUT2D eigenvalue weighted by Crippen LogP contribution is 2.30. The SMILES string of the molecule is CC(C)(C)c1cc(N)cc(C(C)(C)C)c1.N=C1C=CC(Cl)=CC1=N. The predicted molar refractivity (Wildman–Crippen MR) is 107 cm³/mol. The first-order chi connectivity index (χ1) is 10.8. The summed E-state index contributed by atoms with van der Waals surface area (Å²) in [5, 5.41) is 14.7. The van der Waals surface area contributed by atoms with Crippen molar-refractivity contribution < 1.29 is 0 Å². The van der Waals surface area contributed by atoms with Gasteiger partial charge in [-0.15, -0.1) is 0 Å². The Balaban J connectivity index is 0.000000272. The summed E-state index contributed by atoms with van der Waals surface area (Å²) in [4.78, 5) is 0. The molecule has 0 fully saturated rings. The smallest absolute Gasteiger partial charge is 0.0804 e. The van der Waals surface area contributed by atoms with Gasteiger partial charge in [0.1, 0.15) is 0 Å². The Labute approximate surface area is 150 Å². The second-order valence-corrected chi connectivity index (χ2v) is 8.47. The van der Waals surface area contributed by atoms with E-state index < -0.39 is 0 Å². The number of nitrogen functional groups attached to an aromatic ring is 1. The van der Waals surface area contributed by atoms with E-state index in [1.807, 2.05) is 0 Å². The molecule has 0 saturated carbocycles. The normalized spacial score (nSPS) is 14.9. The Bertz CT molecular complexity index is 666. The maximum absolute atomic E-state index is 7.09. The Morgan fingerprint density at radius 3 is 1.58 bits per heavy atom. The van der Waals surface area contributed by atoms with Crippen molar-refractivity contribution >= 4 is 28.7 Å². The molecular weight excluding hydrogens is 318 g/mol.